The number of carbonyl (C=O) groups is 2. The molecule has 10 heteroatoms. The second kappa shape index (κ2) is 8.14. The van der Waals surface area contributed by atoms with Crippen molar-refractivity contribution in [3.05, 3.63) is 28.7 Å². The second-order valence-electron chi connectivity index (χ2n) is 8.68. The molecular formula is C21H24F2N4O3S. The highest BCUT2D eigenvalue weighted by Crippen LogP contribution is 2.34. The molecule has 1 saturated heterocycles. The van der Waals surface area contributed by atoms with Gasteiger partial charge in [-0.15, -0.1) is 11.3 Å². The van der Waals surface area contributed by atoms with Crippen LogP contribution in [0.4, 0.5) is 19.4 Å². The fourth-order valence-corrected chi connectivity index (χ4v) is 4.70. The van der Waals surface area contributed by atoms with Crippen molar-refractivity contribution in [3.8, 4) is 10.6 Å². The van der Waals surface area contributed by atoms with Gasteiger partial charge in [-0.25, -0.2) is 24.1 Å². The number of anilines is 1. The van der Waals surface area contributed by atoms with Gasteiger partial charge >= 0.3 is 6.09 Å². The molecule has 2 aliphatic rings. The quantitative estimate of drug-likeness (QED) is 0.638. The van der Waals surface area contributed by atoms with Gasteiger partial charge < -0.3 is 9.64 Å². The summed E-state index contributed by atoms with van der Waals surface area (Å²) in [4.78, 5) is 36.7. The van der Waals surface area contributed by atoms with Gasteiger partial charge in [0.25, 0.3) is 5.91 Å². The molecule has 2 aromatic rings. The first-order valence-electron chi connectivity index (χ1n) is 10.2. The van der Waals surface area contributed by atoms with E-state index in [2.05, 4.69) is 9.97 Å². The highest BCUT2D eigenvalue weighted by Gasteiger charge is 2.35. The van der Waals surface area contributed by atoms with Crippen LogP contribution in [-0.2, 0) is 11.2 Å². The largest absolute Gasteiger partial charge is 0.443 e. The Kier molecular flexibility index (Phi) is 5.67. The third kappa shape index (κ3) is 4.53. The highest BCUT2D eigenvalue weighted by atomic mass is 32.1. The molecule has 4 heterocycles. The number of thiazole rings is 1. The molecule has 0 saturated carbocycles. The lowest BCUT2D eigenvalue weighted by atomic mass is 10.1. The van der Waals surface area contributed by atoms with Crippen molar-refractivity contribution in [1.82, 2.24) is 14.9 Å². The van der Waals surface area contributed by atoms with Crippen molar-refractivity contribution in [2.24, 2.45) is 0 Å². The Morgan fingerprint density at radius 2 is 2.03 bits per heavy atom. The average molecular weight is 451 g/mol. The molecule has 0 radical (unpaired) electrons. The van der Waals surface area contributed by atoms with Crippen LogP contribution in [0.15, 0.2) is 12.1 Å². The predicted molar refractivity (Wildman–Crippen MR) is 113 cm³/mol. The highest BCUT2D eigenvalue weighted by molar-refractivity contribution is 7.17. The minimum Gasteiger partial charge on any atom is -0.443 e. The molecule has 2 amide bonds. The van der Waals surface area contributed by atoms with Gasteiger partial charge in [0.05, 0.1) is 17.8 Å². The lowest BCUT2D eigenvalue weighted by Crippen LogP contribution is -2.44. The van der Waals surface area contributed by atoms with E-state index in [1.165, 1.54) is 0 Å². The molecule has 1 fully saturated rings. The molecule has 2 aliphatic heterocycles. The van der Waals surface area contributed by atoms with Crippen LogP contribution in [-0.4, -0.2) is 58.3 Å². The summed E-state index contributed by atoms with van der Waals surface area (Å²) in [6.45, 7) is 6.17. The Balaban J connectivity index is 1.56. The van der Waals surface area contributed by atoms with E-state index in [9.17, 15) is 18.4 Å². The molecule has 7 nitrogen and oxygen atoms in total. The molecule has 0 aromatic carbocycles. The van der Waals surface area contributed by atoms with Crippen LogP contribution < -0.4 is 4.90 Å². The normalized spacial score (nSPS) is 19.4. The van der Waals surface area contributed by atoms with Crippen LogP contribution in [0.1, 0.15) is 49.0 Å². The maximum absolute atomic E-state index is 14.8. The summed E-state index contributed by atoms with van der Waals surface area (Å²) in [5, 5.41) is 0.322. The van der Waals surface area contributed by atoms with Crippen LogP contribution in [0.3, 0.4) is 0 Å². The molecule has 0 spiro atoms. The number of piperidine rings is 1. The molecule has 166 valence electrons. The standard InChI is InChI=1S/C21H24F2N4O3S/c1-21(2,3)30-20(29)27-10-8-14-16(19(27)28)31-18(24-14)13-6-7-15(25-17(13)23)26-9-4-5-12(22)11-26/h6-7,12H,4-5,8-11H2,1-3H3/t12-/m0/s1. The summed E-state index contributed by atoms with van der Waals surface area (Å²) in [6.07, 6.45) is -0.0706. The van der Waals surface area contributed by atoms with Gasteiger partial charge in [0.1, 0.15) is 27.5 Å². The number of amides is 2. The third-order valence-corrected chi connectivity index (χ3v) is 6.19. The zero-order chi connectivity index (χ0) is 22.3. The first kappa shape index (κ1) is 21.6. The maximum Gasteiger partial charge on any atom is 0.417 e. The Hall–Kier alpha value is -2.62. The molecule has 0 unspecified atom stereocenters. The number of carbonyl (C=O) groups excluding carboxylic acids is 2. The summed E-state index contributed by atoms with van der Waals surface area (Å²) in [5.41, 5.74) is -0.0120. The lowest BCUT2D eigenvalue weighted by molar-refractivity contribution is 0.0235. The number of nitrogens with zero attached hydrogens (tertiary/aromatic N) is 4. The Labute approximate surface area is 183 Å². The fraction of sp³-hybridized carbons (Fsp3) is 0.524. The van der Waals surface area contributed by atoms with Crippen LogP contribution in [0.25, 0.3) is 10.6 Å². The lowest BCUT2D eigenvalue weighted by Gasteiger charge is -2.29. The smallest absolute Gasteiger partial charge is 0.417 e. The predicted octanol–water partition coefficient (Wildman–Crippen LogP) is 4.22. The number of alkyl halides is 1. The number of hydrogen-bond acceptors (Lipinski definition) is 7. The van der Waals surface area contributed by atoms with E-state index in [1.807, 2.05) is 0 Å². The van der Waals surface area contributed by atoms with E-state index in [1.54, 1.807) is 37.8 Å². The maximum atomic E-state index is 14.8. The number of pyridine rings is 1. The van der Waals surface area contributed by atoms with Crippen molar-refractivity contribution >= 4 is 29.2 Å². The number of halogens is 2. The van der Waals surface area contributed by atoms with Crippen LogP contribution >= 0.6 is 11.3 Å². The summed E-state index contributed by atoms with van der Waals surface area (Å²) in [7, 11) is 0. The topological polar surface area (TPSA) is 75.6 Å². The minimum absolute atomic E-state index is 0.156. The van der Waals surface area contributed by atoms with Crippen molar-refractivity contribution in [3.63, 3.8) is 0 Å². The van der Waals surface area contributed by atoms with Crippen molar-refractivity contribution in [2.45, 2.75) is 51.8 Å². The number of fused-ring (bicyclic) bond motifs is 1. The number of hydrogen-bond donors (Lipinski definition) is 0. The fourth-order valence-electron chi connectivity index (χ4n) is 3.63. The molecule has 2 aromatic heterocycles. The van der Waals surface area contributed by atoms with Gasteiger partial charge in [0, 0.05) is 19.5 Å². The van der Waals surface area contributed by atoms with Crippen LogP contribution in [0, 0.1) is 5.95 Å². The van der Waals surface area contributed by atoms with Gasteiger partial charge in [-0.1, -0.05) is 0 Å². The first-order chi connectivity index (χ1) is 14.6. The van der Waals surface area contributed by atoms with Crippen LogP contribution in [0.5, 0.6) is 0 Å². The number of aromatic nitrogens is 2. The first-order valence-corrected chi connectivity index (χ1v) is 11.0. The van der Waals surface area contributed by atoms with Gasteiger partial charge in [-0.2, -0.15) is 4.39 Å². The molecule has 1 atom stereocenters. The summed E-state index contributed by atoms with van der Waals surface area (Å²) < 4.78 is 33.8. The van der Waals surface area contributed by atoms with Gasteiger partial charge in [0.2, 0.25) is 5.95 Å². The van der Waals surface area contributed by atoms with Crippen molar-refractivity contribution < 1.29 is 23.1 Å². The van der Waals surface area contributed by atoms with Crippen molar-refractivity contribution in [2.75, 3.05) is 24.5 Å². The third-order valence-electron chi connectivity index (χ3n) is 5.08. The Morgan fingerprint density at radius 3 is 2.71 bits per heavy atom. The van der Waals surface area contributed by atoms with Gasteiger partial charge in [0.15, 0.2) is 0 Å². The van der Waals surface area contributed by atoms with E-state index in [0.29, 0.717) is 47.2 Å². The Bertz CT molecular complexity index is 1020. The summed E-state index contributed by atoms with van der Waals surface area (Å²) >= 11 is 1.03. The zero-order valence-electron chi connectivity index (χ0n) is 17.7. The Morgan fingerprint density at radius 1 is 1.26 bits per heavy atom. The minimum atomic E-state index is -0.942. The number of ether oxygens (including phenoxy) is 1. The van der Waals surface area contributed by atoms with Crippen LogP contribution in [0.2, 0.25) is 0 Å². The molecule has 0 bridgehead atoms. The van der Waals surface area contributed by atoms with E-state index in [4.69, 9.17) is 4.74 Å². The molecule has 0 N–H and O–H groups in total. The summed E-state index contributed by atoms with van der Waals surface area (Å²) in [6, 6.07) is 3.20. The SMILES string of the molecule is CC(C)(C)OC(=O)N1CCc2nc(-c3ccc(N4CCC[C@H](F)C4)nc3F)sc2C1=O. The average Bonchev–Trinajstić information content (AvgIpc) is 3.11. The number of imide groups is 1. The van der Waals surface area contributed by atoms with Crippen molar-refractivity contribution in [1.29, 1.82) is 0 Å². The molecule has 0 aliphatic carbocycles. The number of rotatable bonds is 2. The monoisotopic (exact) mass is 450 g/mol. The molecular weight excluding hydrogens is 426 g/mol. The molecule has 31 heavy (non-hydrogen) atoms. The van der Waals surface area contributed by atoms with E-state index < -0.39 is 29.7 Å². The van der Waals surface area contributed by atoms with Gasteiger partial charge in [-0.3, -0.25) is 4.79 Å². The van der Waals surface area contributed by atoms with E-state index >= 15 is 0 Å². The van der Waals surface area contributed by atoms with Gasteiger partial charge in [-0.05, 0) is 45.7 Å². The molecule has 4 rings (SSSR count). The zero-order valence-corrected chi connectivity index (χ0v) is 18.5. The second-order valence-corrected chi connectivity index (χ2v) is 9.67. The van der Waals surface area contributed by atoms with E-state index in [-0.39, 0.29) is 18.7 Å². The van der Waals surface area contributed by atoms with E-state index in [0.717, 1.165) is 16.2 Å². The summed E-state index contributed by atoms with van der Waals surface area (Å²) in [5.74, 6) is -0.829.